The third-order valence-corrected chi connectivity index (χ3v) is 6.27. The van der Waals surface area contributed by atoms with Gasteiger partial charge in [0, 0.05) is 12.0 Å². The highest BCUT2D eigenvalue weighted by Crippen LogP contribution is 2.58. The zero-order chi connectivity index (χ0) is 17.9. The lowest BCUT2D eigenvalue weighted by Crippen LogP contribution is -2.55. The van der Waals surface area contributed by atoms with Crippen molar-refractivity contribution >= 4 is 11.8 Å². The minimum absolute atomic E-state index is 0.00347. The number of aromatic hydroxyl groups is 1. The number of fused-ring (bicyclic) bond motifs is 3. The molecule has 0 heterocycles. The molecule has 130 valence electrons. The normalized spacial score (nSPS) is 28.4. The van der Waals surface area contributed by atoms with Crippen molar-refractivity contribution in [3.8, 4) is 5.75 Å². The van der Waals surface area contributed by atoms with E-state index < -0.39 is 11.4 Å². The average Bonchev–Trinajstić information content (AvgIpc) is 2.47. The number of Topliss-reactive ketones (excluding diaryl/α,β-unsaturated/α-hetero) is 1. The number of carboxylic acid groups (broad SMARTS) is 1. The highest BCUT2D eigenvalue weighted by atomic mass is 16.4. The molecule has 0 radical (unpaired) electrons. The molecule has 0 spiro atoms. The van der Waals surface area contributed by atoms with Gasteiger partial charge in [0.2, 0.25) is 0 Å². The molecule has 0 bridgehead atoms. The number of aliphatic carboxylic acids is 1. The van der Waals surface area contributed by atoms with E-state index in [9.17, 15) is 19.8 Å². The first-order valence-corrected chi connectivity index (χ1v) is 8.75. The molecule has 2 aliphatic rings. The fourth-order valence-corrected chi connectivity index (χ4v) is 4.94. The third-order valence-electron chi connectivity index (χ3n) is 6.27. The van der Waals surface area contributed by atoms with Gasteiger partial charge in [-0.1, -0.05) is 34.1 Å². The van der Waals surface area contributed by atoms with Crippen molar-refractivity contribution in [2.24, 2.45) is 11.3 Å². The number of rotatable bonds is 2. The number of hydrogen-bond donors (Lipinski definition) is 2. The van der Waals surface area contributed by atoms with E-state index in [1.807, 2.05) is 13.8 Å². The van der Waals surface area contributed by atoms with Gasteiger partial charge in [-0.05, 0) is 53.4 Å². The van der Waals surface area contributed by atoms with Crippen LogP contribution in [-0.2, 0) is 10.2 Å². The Labute approximate surface area is 142 Å². The molecule has 3 rings (SSSR count). The van der Waals surface area contributed by atoms with E-state index in [1.165, 1.54) is 0 Å². The molecule has 0 amide bonds. The molecule has 1 aromatic rings. The highest BCUT2D eigenvalue weighted by Gasteiger charge is 2.59. The number of hydrogen-bond acceptors (Lipinski definition) is 3. The number of phenolic OH excluding ortho intramolecular Hbond substituents is 1. The molecule has 2 aliphatic carbocycles. The maximum Gasteiger partial charge on any atom is 0.314 e. The van der Waals surface area contributed by atoms with Crippen LogP contribution in [0.3, 0.4) is 0 Å². The quantitative estimate of drug-likeness (QED) is 0.850. The molecular formula is C20H26O4. The van der Waals surface area contributed by atoms with Gasteiger partial charge < -0.3 is 10.2 Å². The number of carboxylic acids is 1. The molecule has 0 aromatic heterocycles. The van der Waals surface area contributed by atoms with Gasteiger partial charge in [0.05, 0.1) is 5.41 Å². The van der Waals surface area contributed by atoms with Gasteiger partial charge in [0.15, 0.2) is 5.78 Å². The molecule has 0 aliphatic heterocycles. The molecule has 1 fully saturated rings. The summed E-state index contributed by atoms with van der Waals surface area (Å²) in [5, 5.41) is 20.6. The van der Waals surface area contributed by atoms with E-state index in [1.54, 1.807) is 12.1 Å². The van der Waals surface area contributed by atoms with Crippen molar-refractivity contribution in [2.75, 3.05) is 0 Å². The topological polar surface area (TPSA) is 74.6 Å². The predicted molar refractivity (Wildman–Crippen MR) is 91.6 cm³/mol. The van der Waals surface area contributed by atoms with Gasteiger partial charge in [0.1, 0.15) is 5.75 Å². The Morgan fingerprint density at radius 2 is 1.92 bits per heavy atom. The molecule has 4 heteroatoms. The Morgan fingerprint density at radius 3 is 2.50 bits per heavy atom. The summed E-state index contributed by atoms with van der Waals surface area (Å²) in [5.41, 5.74) is 0.434. The van der Waals surface area contributed by atoms with Gasteiger partial charge in [0.25, 0.3) is 0 Å². The molecule has 24 heavy (non-hydrogen) atoms. The van der Waals surface area contributed by atoms with Crippen molar-refractivity contribution in [3.05, 3.63) is 28.8 Å². The highest BCUT2D eigenvalue weighted by molar-refractivity contribution is 6.03. The molecule has 4 nitrogen and oxygen atoms in total. The summed E-state index contributed by atoms with van der Waals surface area (Å²) < 4.78 is 0. The van der Waals surface area contributed by atoms with Gasteiger partial charge in [-0.2, -0.15) is 0 Å². The fraction of sp³-hybridized carbons (Fsp3) is 0.600. The van der Waals surface area contributed by atoms with E-state index in [0.29, 0.717) is 23.1 Å². The average molecular weight is 330 g/mol. The van der Waals surface area contributed by atoms with Crippen LogP contribution in [0.1, 0.15) is 80.8 Å². The third kappa shape index (κ3) is 2.19. The Balaban J connectivity index is 2.30. The van der Waals surface area contributed by atoms with Crippen LogP contribution < -0.4 is 0 Å². The second-order valence-corrected chi connectivity index (χ2v) is 8.41. The number of carbonyl (C=O) groups is 2. The zero-order valence-corrected chi connectivity index (χ0v) is 14.8. The van der Waals surface area contributed by atoms with Crippen LogP contribution >= 0.6 is 0 Å². The Hall–Kier alpha value is -1.84. The lowest BCUT2D eigenvalue weighted by molar-refractivity contribution is -0.152. The SMILES string of the molecule is CC(C)c1cc2c(cc1O)[C@@]1(C(=O)O)CCCC(C)(C)C1CC2=O. The molecule has 1 unspecified atom stereocenters. The molecule has 2 N–H and O–H groups in total. The van der Waals surface area contributed by atoms with Gasteiger partial charge in [-0.25, -0.2) is 0 Å². The summed E-state index contributed by atoms with van der Waals surface area (Å²) in [4.78, 5) is 25.2. The standard InChI is InChI=1S/C20H26O4/c1-11(2)12-8-13-14(9-15(12)21)20(18(23)24)7-5-6-19(3,4)17(20)10-16(13)22/h8-9,11,17,21H,5-7,10H2,1-4H3,(H,23,24)/t17?,20-/m0/s1. The predicted octanol–water partition coefficient (Wildman–Crippen LogP) is 4.25. The summed E-state index contributed by atoms with van der Waals surface area (Å²) in [5.74, 6) is -0.930. The van der Waals surface area contributed by atoms with Crippen molar-refractivity contribution in [1.82, 2.24) is 0 Å². The first-order valence-electron chi connectivity index (χ1n) is 8.75. The fourth-order valence-electron chi connectivity index (χ4n) is 4.94. The van der Waals surface area contributed by atoms with Gasteiger partial charge >= 0.3 is 5.97 Å². The molecule has 2 atom stereocenters. The maximum absolute atomic E-state index is 12.8. The second kappa shape index (κ2) is 5.33. The van der Waals surface area contributed by atoms with E-state index in [4.69, 9.17) is 0 Å². The molecule has 0 saturated heterocycles. The minimum atomic E-state index is -1.07. The van der Waals surface area contributed by atoms with Crippen LogP contribution in [0.15, 0.2) is 12.1 Å². The Kier molecular flexibility index (Phi) is 3.78. The lowest BCUT2D eigenvalue weighted by atomic mass is 9.49. The van der Waals surface area contributed by atoms with Gasteiger partial charge in [-0.15, -0.1) is 0 Å². The van der Waals surface area contributed by atoms with Crippen LogP contribution in [0.25, 0.3) is 0 Å². The number of carbonyl (C=O) groups excluding carboxylic acids is 1. The number of benzene rings is 1. The molecule has 1 saturated carbocycles. The zero-order valence-electron chi connectivity index (χ0n) is 14.8. The minimum Gasteiger partial charge on any atom is -0.508 e. The van der Waals surface area contributed by atoms with Crippen LogP contribution in [0, 0.1) is 11.3 Å². The van der Waals surface area contributed by atoms with Crippen LogP contribution in [-0.4, -0.2) is 22.0 Å². The van der Waals surface area contributed by atoms with E-state index in [-0.39, 0.29) is 35.2 Å². The summed E-state index contributed by atoms with van der Waals surface area (Å²) in [6, 6.07) is 3.28. The van der Waals surface area contributed by atoms with Crippen LogP contribution in [0.5, 0.6) is 5.75 Å². The Bertz CT molecular complexity index is 717. The molecule has 1 aromatic carbocycles. The maximum atomic E-state index is 12.8. The Morgan fingerprint density at radius 1 is 1.25 bits per heavy atom. The van der Waals surface area contributed by atoms with E-state index in [2.05, 4.69) is 13.8 Å². The number of phenols is 1. The summed E-state index contributed by atoms with van der Waals surface area (Å²) in [6.07, 6.45) is 2.53. The first kappa shape index (κ1) is 17.0. The summed E-state index contributed by atoms with van der Waals surface area (Å²) in [7, 11) is 0. The smallest absolute Gasteiger partial charge is 0.314 e. The lowest BCUT2D eigenvalue weighted by Gasteiger charge is -2.52. The monoisotopic (exact) mass is 330 g/mol. The van der Waals surface area contributed by atoms with Crippen molar-refractivity contribution in [3.63, 3.8) is 0 Å². The molecular weight excluding hydrogens is 304 g/mol. The van der Waals surface area contributed by atoms with Gasteiger partial charge in [-0.3, -0.25) is 9.59 Å². The second-order valence-electron chi connectivity index (χ2n) is 8.41. The largest absolute Gasteiger partial charge is 0.508 e. The first-order chi connectivity index (χ1) is 11.1. The number of ketones is 1. The van der Waals surface area contributed by atoms with Crippen LogP contribution in [0.2, 0.25) is 0 Å². The van der Waals surface area contributed by atoms with E-state index >= 15 is 0 Å². The van der Waals surface area contributed by atoms with Crippen molar-refractivity contribution in [2.45, 2.75) is 64.7 Å². The van der Waals surface area contributed by atoms with Crippen LogP contribution in [0.4, 0.5) is 0 Å². The van der Waals surface area contributed by atoms with Crippen molar-refractivity contribution < 1.29 is 19.8 Å². The summed E-state index contributed by atoms with van der Waals surface area (Å²) >= 11 is 0. The summed E-state index contributed by atoms with van der Waals surface area (Å²) in [6.45, 7) is 8.03. The van der Waals surface area contributed by atoms with Crippen molar-refractivity contribution in [1.29, 1.82) is 0 Å². The van der Waals surface area contributed by atoms with E-state index in [0.717, 1.165) is 12.8 Å².